The monoisotopic (exact) mass is 302 g/mol. The molecule has 1 saturated heterocycles. The van der Waals surface area contributed by atoms with Crippen molar-refractivity contribution in [3.8, 4) is 0 Å². The molecule has 0 spiro atoms. The second-order valence-corrected chi connectivity index (χ2v) is 6.09. The topological polar surface area (TPSA) is 98.5 Å². The average Bonchev–Trinajstić information content (AvgIpc) is 2.88. The summed E-state index contributed by atoms with van der Waals surface area (Å²) in [7, 11) is -3.98. The van der Waals surface area contributed by atoms with E-state index in [4.69, 9.17) is 9.88 Å². The third kappa shape index (κ3) is 3.53. The van der Waals surface area contributed by atoms with E-state index in [0.717, 1.165) is 31.0 Å². The lowest BCUT2D eigenvalue weighted by atomic mass is 10.2. The number of ether oxygens (including phenoxy) is 1. The Balaban J connectivity index is 2.12. The van der Waals surface area contributed by atoms with Gasteiger partial charge in [0.05, 0.1) is 16.6 Å². The van der Waals surface area contributed by atoms with Gasteiger partial charge in [0.25, 0.3) is 5.91 Å². The molecule has 0 bridgehead atoms. The van der Waals surface area contributed by atoms with E-state index in [1.807, 2.05) is 0 Å². The molecule has 0 aromatic heterocycles. The van der Waals surface area contributed by atoms with Gasteiger partial charge in [-0.05, 0) is 31.0 Å². The van der Waals surface area contributed by atoms with Gasteiger partial charge >= 0.3 is 0 Å². The second kappa shape index (κ2) is 5.86. The summed E-state index contributed by atoms with van der Waals surface area (Å²) in [5, 5.41) is 7.47. The van der Waals surface area contributed by atoms with E-state index in [1.165, 1.54) is 0 Å². The van der Waals surface area contributed by atoms with E-state index in [-0.39, 0.29) is 23.1 Å². The zero-order chi connectivity index (χ0) is 14.8. The Kier molecular flexibility index (Phi) is 4.36. The van der Waals surface area contributed by atoms with Crippen molar-refractivity contribution in [3.63, 3.8) is 0 Å². The van der Waals surface area contributed by atoms with Gasteiger partial charge in [-0.15, -0.1) is 0 Å². The Bertz CT molecular complexity index is 612. The third-order valence-electron chi connectivity index (χ3n) is 3.03. The van der Waals surface area contributed by atoms with E-state index in [0.29, 0.717) is 6.61 Å². The lowest BCUT2D eigenvalue weighted by molar-refractivity contribution is 0.0854. The van der Waals surface area contributed by atoms with Crippen molar-refractivity contribution in [3.05, 3.63) is 29.6 Å². The molecule has 110 valence electrons. The van der Waals surface area contributed by atoms with Gasteiger partial charge in [-0.25, -0.2) is 17.9 Å². The SMILES string of the molecule is NS(=O)(=O)c1ccc(F)c(C(=O)NCC2CCCO2)c1. The Morgan fingerprint density at radius 3 is 2.85 bits per heavy atom. The molecule has 3 N–H and O–H groups in total. The summed E-state index contributed by atoms with van der Waals surface area (Å²) in [4.78, 5) is 11.6. The summed E-state index contributed by atoms with van der Waals surface area (Å²) in [5.74, 6) is -1.49. The first-order valence-corrected chi connectivity index (χ1v) is 7.65. The molecule has 1 aromatic rings. The van der Waals surface area contributed by atoms with Crippen molar-refractivity contribution in [2.45, 2.75) is 23.8 Å². The molecule has 1 aliphatic heterocycles. The van der Waals surface area contributed by atoms with Crippen molar-refractivity contribution >= 4 is 15.9 Å². The third-order valence-corrected chi connectivity index (χ3v) is 3.94. The summed E-state index contributed by atoms with van der Waals surface area (Å²) in [6.07, 6.45) is 1.68. The van der Waals surface area contributed by atoms with Crippen LogP contribution in [-0.2, 0) is 14.8 Å². The van der Waals surface area contributed by atoms with Crippen LogP contribution in [0.1, 0.15) is 23.2 Å². The van der Waals surface area contributed by atoms with Gasteiger partial charge in [0.2, 0.25) is 10.0 Å². The van der Waals surface area contributed by atoms with Crippen LogP contribution in [0.3, 0.4) is 0 Å². The van der Waals surface area contributed by atoms with Crippen molar-refractivity contribution in [1.82, 2.24) is 5.32 Å². The fourth-order valence-electron chi connectivity index (χ4n) is 1.96. The fourth-order valence-corrected chi connectivity index (χ4v) is 2.50. The van der Waals surface area contributed by atoms with Crippen LogP contribution in [0, 0.1) is 5.82 Å². The number of sulfonamides is 1. The number of hydrogen-bond acceptors (Lipinski definition) is 4. The second-order valence-electron chi connectivity index (χ2n) is 4.53. The summed E-state index contributed by atoms with van der Waals surface area (Å²) in [6.45, 7) is 0.910. The number of hydrogen-bond donors (Lipinski definition) is 2. The zero-order valence-corrected chi connectivity index (χ0v) is 11.5. The number of carbonyl (C=O) groups excluding carboxylic acids is 1. The van der Waals surface area contributed by atoms with E-state index in [2.05, 4.69) is 5.32 Å². The molecular formula is C12H15FN2O4S. The first-order valence-electron chi connectivity index (χ1n) is 6.10. The minimum Gasteiger partial charge on any atom is -0.376 e. The molecule has 0 aliphatic carbocycles. The average molecular weight is 302 g/mol. The van der Waals surface area contributed by atoms with E-state index >= 15 is 0 Å². The predicted molar refractivity (Wildman–Crippen MR) is 69.1 cm³/mol. The summed E-state index contributed by atoms with van der Waals surface area (Å²) >= 11 is 0. The Hall–Kier alpha value is -1.51. The van der Waals surface area contributed by atoms with E-state index in [9.17, 15) is 17.6 Å². The highest BCUT2D eigenvalue weighted by molar-refractivity contribution is 7.89. The van der Waals surface area contributed by atoms with Crippen LogP contribution in [0.25, 0.3) is 0 Å². The smallest absolute Gasteiger partial charge is 0.254 e. The molecule has 1 aliphatic rings. The first kappa shape index (κ1) is 14.9. The molecular weight excluding hydrogens is 287 g/mol. The first-order chi connectivity index (χ1) is 9.38. The molecule has 2 rings (SSSR count). The number of rotatable bonds is 4. The normalized spacial score (nSPS) is 19.0. The number of carbonyl (C=O) groups is 1. The van der Waals surface area contributed by atoms with Gasteiger partial charge in [0.15, 0.2) is 0 Å². The van der Waals surface area contributed by atoms with Crippen LogP contribution in [0.15, 0.2) is 23.1 Å². The molecule has 0 saturated carbocycles. The number of benzene rings is 1. The van der Waals surface area contributed by atoms with E-state index < -0.39 is 21.7 Å². The van der Waals surface area contributed by atoms with Crippen LogP contribution in [0.4, 0.5) is 4.39 Å². The van der Waals surface area contributed by atoms with Gasteiger partial charge in [-0.2, -0.15) is 0 Å². The summed E-state index contributed by atoms with van der Waals surface area (Å²) < 4.78 is 41.3. The van der Waals surface area contributed by atoms with Crippen molar-refractivity contribution in [2.24, 2.45) is 5.14 Å². The molecule has 1 fully saturated rings. The Morgan fingerprint density at radius 1 is 1.50 bits per heavy atom. The molecule has 1 amide bonds. The predicted octanol–water partition coefficient (Wildman–Crippen LogP) is 0.382. The maximum absolute atomic E-state index is 13.6. The Morgan fingerprint density at radius 2 is 2.25 bits per heavy atom. The number of nitrogens with one attached hydrogen (secondary N) is 1. The highest BCUT2D eigenvalue weighted by Crippen LogP contribution is 2.15. The zero-order valence-electron chi connectivity index (χ0n) is 10.6. The van der Waals surface area contributed by atoms with Gasteiger partial charge in [0, 0.05) is 13.2 Å². The van der Waals surface area contributed by atoms with Crippen molar-refractivity contribution < 1.29 is 22.3 Å². The highest BCUT2D eigenvalue weighted by atomic mass is 32.2. The highest BCUT2D eigenvalue weighted by Gasteiger charge is 2.19. The molecule has 1 atom stereocenters. The maximum Gasteiger partial charge on any atom is 0.254 e. The van der Waals surface area contributed by atoms with Gasteiger partial charge < -0.3 is 10.1 Å². The van der Waals surface area contributed by atoms with Crippen molar-refractivity contribution in [2.75, 3.05) is 13.2 Å². The summed E-state index contributed by atoms with van der Waals surface area (Å²) in [5.41, 5.74) is -0.352. The van der Waals surface area contributed by atoms with Crippen LogP contribution >= 0.6 is 0 Å². The number of primary sulfonamides is 1. The molecule has 1 unspecified atom stereocenters. The number of halogens is 1. The standard InChI is InChI=1S/C12H15FN2O4S/c13-11-4-3-9(20(14,17)18)6-10(11)12(16)15-7-8-2-1-5-19-8/h3-4,6,8H,1-2,5,7H2,(H,15,16)(H2,14,17,18). The van der Waals surface area contributed by atoms with Crippen LogP contribution in [0.2, 0.25) is 0 Å². The molecule has 20 heavy (non-hydrogen) atoms. The fraction of sp³-hybridized carbons (Fsp3) is 0.417. The Labute approximate surface area is 116 Å². The molecule has 1 aromatic carbocycles. The largest absolute Gasteiger partial charge is 0.376 e. The maximum atomic E-state index is 13.6. The molecule has 0 radical (unpaired) electrons. The minimum atomic E-state index is -3.98. The molecule has 1 heterocycles. The van der Waals surface area contributed by atoms with Crippen LogP contribution in [-0.4, -0.2) is 33.6 Å². The number of amides is 1. The van der Waals surface area contributed by atoms with Gasteiger partial charge in [-0.3, -0.25) is 4.79 Å². The van der Waals surface area contributed by atoms with Crippen molar-refractivity contribution in [1.29, 1.82) is 0 Å². The van der Waals surface area contributed by atoms with Gasteiger partial charge in [0.1, 0.15) is 5.82 Å². The minimum absolute atomic E-state index is 0.0802. The van der Waals surface area contributed by atoms with Crippen LogP contribution < -0.4 is 10.5 Å². The number of nitrogens with two attached hydrogens (primary N) is 1. The molecule has 8 heteroatoms. The van der Waals surface area contributed by atoms with Gasteiger partial charge in [-0.1, -0.05) is 0 Å². The lowest BCUT2D eigenvalue weighted by Gasteiger charge is -2.11. The molecule has 6 nitrogen and oxygen atoms in total. The van der Waals surface area contributed by atoms with E-state index in [1.54, 1.807) is 0 Å². The lowest BCUT2D eigenvalue weighted by Crippen LogP contribution is -2.32. The van der Waals surface area contributed by atoms with Crippen LogP contribution in [0.5, 0.6) is 0 Å². The summed E-state index contributed by atoms with van der Waals surface area (Å²) in [6, 6.07) is 2.84. The quantitative estimate of drug-likeness (QED) is 0.840.